The van der Waals surface area contributed by atoms with E-state index in [1.807, 2.05) is 0 Å². The Hall–Kier alpha value is -0.157. The van der Waals surface area contributed by atoms with Gasteiger partial charge in [-0.2, -0.15) is 0 Å². The van der Waals surface area contributed by atoms with Crippen LogP contribution in [0.2, 0.25) is 15.8 Å². The Labute approximate surface area is 73.4 Å². The molecule has 0 rings (SSSR count). The summed E-state index contributed by atoms with van der Waals surface area (Å²) < 4.78 is 3.45. The van der Waals surface area contributed by atoms with Crippen LogP contribution in [0.1, 0.15) is 20.8 Å². The second kappa shape index (κ2) is 5.49. The van der Waals surface area contributed by atoms with Gasteiger partial charge in [0.15, 0.2) is 0 Å². The van der Waals surface area contributed by atoms with E-state index in [4.69, 9.17) is 0 Å². The average Bonchev–Trinajstić information content (AvgIpc) is 2.08. The molecule has 0 unspecified atom stereocenters. The van der Waals surface area contributed by atoms with Crippen molar-refractivity contribution in [3.8, 4) is 10.7 Å². The van der Waals surface area contributed by atoms with Crippen LogP contribution in [0.4, 0.5) is 0 Å². The van der Waals surface area contributed by atoms with Crippen molar-refractivity contribution in [1.82, 2.24) is 0 Å². The summed E-state index contributed by atoms with van der Waals surface area (Å²) >= 11 is -1.67. The van der Waals surface area contributed by atoms with Crippen molar-refractivity contribution >= 4 is 13.3 Å². The predicted molar refractivity (Wildman–Crippen MR) is 55.2 cm³/mol. The van der Waals surface area contributed by atoms with Crippen LogP contribution < -0.4 is 0 Å². The van der Waals surface area contributed by atoms with Crippen LogP contribution in [0, 0.1) is 10.7 Å². The van der Waals surface area contributed by atoms with E-state index in [1.54, 1.807) is 6.08 Å². The van der Waals surface area contributed by atoms with Gasteiger partial charge in [-0.1, -0.05) is 0 Å². The first-order valence-corrected chi connectivity index (χ1v) is 9.88. The van der Waals surface area contributed by atoms with Gasteiger partial charge in [-0.25, -0.2) is 0 Å². The molecule has 0 amide bonds. The summed E-state index contributed by atoms with van der Waals surface area (Å²) in [7, 11) is 0. The first-order chi connectivity index (χ1) is 5.24. The van der Waals surface area contributed by atoms with Gasteiger partial charge in [0.05, 0.1) is 0 Å². The van der Waals surface area contributed by atoms with Gasteiger partial charge in [0, 0.05) is 0 Å². The normalized spacial score (nSPS) is 10.1. The van der Waals surface area contributed by atoms with E-state index in [0.29, 0.717) is 0 Å². The Balaban J connectivity index is 4.40. The van der Waals surface area contributed by atoms with Crippen LogP contribution in [-0.2, 0) is 0 Å². The third kappa shape index (κ3) is 3.16. The fraction of sp³-hybridized carbons (Fsp3) is 0.600. The molecule has 0 aliphatic heterocycles. The fourth-order valence-electron chi connectivity index (χ4n) is 1.22. The van der Waals surface area contributed by atoms with Gasteiger partial charge in [-0.05, 0) is 0 Å². The molecule has 0 atom stereocenters. The van der Waals surface area contributed by atoms with E-state index >= 15 is 0 Å². The van der Waals surface area contributed by atoms with Crippen LogP contribution in [0.3, 0.4) is 0 Å². The van der Waals surface area contributed by atoms with E-state index < -0.39 is 13.3 Å². The Bertz CT molecular complexity index is 159. The van der Waals surface area contributed by atoms with Crippen molar-refractivity contribution in [2.45, 2.75) is 36.5 Å². The Morgan fingerprint density at radius 1 is 1.18 bits per heavy atom. The second-order valence-electron chi connectivity index (χ2n) is 2.81. The van der Waals surface area contributed by atoms with Crippen LogP contribution in [0.15, 0.2) is 12.7 Å². The number of hydrogen-bond acceptors (Lipinski definition) is 0. The standard InChI is InChI=1S/C10H18Ge/c1-5-9-10-11(6-2,7-3)8-4/h5H,1,6-8H2,2-4H3. The molecular formula is C10H18Ge. The number of rotatable bonds is 3. The third-order valence-electron chi connectivity index (χ3n) is 2.47. The van der Waals surface area contributed by atoms with Gasteiger partial charge >= 0.3 is 73.1 Å². The molecule has 62 valence electrons. The summed E-state index contributed by atoms with van der Waals surface area (Å²) in [5.74, 6) is 3.04. The molecule has 0 aromatic rings. The zero-order valence-electron chi connectivity index (χ0n) is 7.91. The van der Waals surface area contributed by atoms with E-state index in [-0.39, 0.29) is 0 Å². The molecule has 1 heteroatoms. The van der Waals surface area contributed by atoms with Gasteiger partial charge in [0.25, 0.3) is 0 Å². The topological polar surface area (TPSA) is 0 Å². The van der Waals surface area contributed by atoms with Crippen molar-refractivity contribution in [2.24, 2.45) is 0 Å². The van der Waals surface area contributed by atoms with Gasteiger partial charge in [-0.15, -0.1) is 0 Å². The Kier molecular flexibility index (Phi) is 5.41. The van der Waals surface area contributed by atoms with Gasteiger partial charge in [-0.3, -0.25) is 0 Å². The van der Waals surface area contributed by atoms with E-state index in [9.17, 15) is 0 Å². The van der Waals surface area contributed by atoms with E-state index in [1.165, 1.54) is 15.8 Å². The van der Waals surface area contributed by atoms with E-state index in [0.717, 1.165) is 0 Å². The minimum absolute atomic E-state index is 1.33. The second-order valence-corrected chi connectivity index (χ2v) is 13.2. The molecule has 0 aromatic carbocycles. The molecule has 0 N–H and O–H groups in total. The van der Waals surface area contributed by atoms with Crippen molar-refractivity contribution < 1.29 is 0 Å². The number of allylic oxidation sites excluding steroid dienone is 1. The molecule has 0 aliphatic rings. The Morgan fingerprint density at radius 2 is 1.64 bits per heavy atom. The summed E-state index contributed by atoms with van der Waals surface area (Å²) in [5, 5.41) is 3.98. The van der Waals surface area contributed by atoms with Gasteiger partial charge < -0.3 is 0 Å². The average molecular weight is 211 g/mol. The molecule has 11 heavy (non-hydrogen) atoms. The van der Waals surface area contributed by atoms with Crippen molar-refractivity contribution in [3.63, 3.8) is 0 Å². The SMILES string of the molecule is C=CC#[C][Ge]([CH2]C)([CH2]C)[CH2]C. The molecule has 0 radical (unpaired) electrons. The summed E-state index contributed by atoms with van der Waals surface area (Å²) in [6, 6.07) is 0. The van der Waals surface area contributed by atoms with E-state index in [2.05, 4.69) is 38.0 Å². The van der Waals surface area contributed by atoms with Crippen molar-refractivity contribution in [1.29, 1.82) is 0 Å². The predicted octanol–water partition coefficient (Wildman–Crippen LogP) is 3.22. The molecule has 0 fully saturated rings. The summed E-state index contributed by atoms with van der Waals surface area (Å²) in [4.78, 5) is 0. The monoisotopic (exact) mass is 212 g/mol. The molecule has 0 nitrogen and oxygen atoms in total. The molecule has 0 aliphatic carbocycles. The first-order valence-electron chi connectivity index (χ1n) is 4.38. The van der Waals surface area contributed by atoms with Gasteiger partial charge in [0.2, 0.25) is 0 Å². The molecule has 0 heterocycles. The third-order valence-corrected chi connectivity index (χ3v) is 12.4. The molecule has 0 saturated heterocycles. The van der Waals surface area contributed by atoms with Crippen molar-refractivity contribution in [2.75, 3.05) is 0 Å². The zero-order chi connectivity index (χ0) is 8.74. The van der Waals surface area contributed by atoms with Gasteiger partial charge in [0.1, 0.15) is 0 Å². The quantitative estimate of drug-likeness (QED) is 0.496. The molecular weight excluding hydrogens is 193 g/mol. The Morgan fingerprint density at radius 3 is 1.91 bits per heavy atom. The maximum atomic E-state index is 3.62. The molecule has 0 spiro atoms. The van der Waals surface area contributed by atoms with Crippen LogP contribution in [0.5, 0.6) is 0 Å². The minimum atomic E-state index is -1.67. The summed E-state index contributed by atoms with van der Waals surface area (Å²) in [5.41, 5.74) is 0. The maximum absolute atomic E-state index is 3.62. The van der Waals surface area contributed by atoms with Crippen LogP contribution in [-0.4, -0.2) is 13.3 Å². The molecule has 0 saturated carbocycles. The van der Waals surface area contributed by atoms with Crippen LogP contribution in [0.25, 0.3) is 0 Å². The summed E-state index contributed by atoms with van der Waals surface area (Å²) in [6.07, 6.45) is 1.72. The van der Waals surface area contributed by atoms with Crippen molar-refractivity contribution in [3.05, 3.63) is 12.7 Å². The number of hydrogen-bond donors (Lipinski definition) is 0. The molecule has 0 bridgehead atoms. The fourth-order valence-corrected chi connectivity index (χ4v) is 6.34. The molecule has 0 aromatic heterocycles. The zero-order valence-corrected chi connectivity index (χ0v) is 10.0. The first kappa shape index (κ1) is 10.8. The summed E-state index contributed by atoms with van der Waals surface area (Å²) in [6.45, 7) is 10.5. The van der Waals surface area contributed by atoms with Crippen LogP contribution >= 0.6 is 0 Å².